The molecule has 1 amide bonds. The number of amides is 1. The summed E-state index contributed by atoms with van der Waals surface area (Å²) in [7, 11) is 0. The summed E-state index contributed by atoms with van der Waals surface area (Å²) in [5.41, 5.74) is 0.477. The molecule has 1 N–H and O–H groups in total. The minimum Gasteiger partial charge on any atom is -0.454 e. The predicted octanol–water partition coefficient (Wildman–Crippen LogP) is 3.85. The van der Waals surface area contributed by atoms with Crippen molar-refractivity contribution in [1.82, 2.24) is 5.32 Å². The standard InChI is InChI=1S/C19H27NO4/c1-2-3-4-5-6-7-8-11-20-19(22)13-16(21)15-9-10-17-18(12-15)24-14-23-17/h9-10,12H,2-8,11,13-14H2,1H3,(H,20,22). The summed E-state index contributed by atoms with van der Waals surface area (Å²) in [5, 5.41) is 2.82. The van der Waals surface area contributed by atoms with Gasteiger partial charge in [0.25, 0.3) is 0 Å². The molecule has 0 unspecified atom stereocenters. The molecule has 24 heavy (non-hydrogen) atoms. The van der Waals surface area contributed by atoms with E-state index in [9.17, 15) is 9.59 Å². The summed E-state index contributed by atoms with van der Waals surface area (Å²) in [6.45, 7) is 3.02. The molecular weight excluding hydrogens is 306 g/mol. The number of Topliss-reactive ketones (excluding diaryl/α,β-unsaturated/α-hetero) is 1. The van der Waals surface area contributed by atoms with Crippen LogP contribution in [0.3, 0.4) is 0 Å². The van der Waals surface area contributed by atoms with E-state index < -0.39 is 0 Å². The molecule has 0 saturated heterocycles. The van der Waals surface area contributed by atoms with Crippen molar-refractivity contribution >= 4 is 11.7 Å². The molecule has 1 aliphatic rings. The number of ether oxygens (including phenoxy) is 2. The highest BCUT2D eigenvalue weighted by Crippen LogP contribution is 2.32. The predicted molar refractivity (Wildman–Crippen MR) is 92.5 cm³/mol. The van der Waals surface area contributed by atoms with Crippen LogP contribution in [0.25, 0.3) is 0 Å². The molecule has 132 valence electrons. The van der Waals surface area contributed by atoms with Crippen molar-refractivity contribution in [3.63, 3.8) is 0 Å². The van der Waals surface area contributed by atoms with Crippen molar-refractivity contribution in [1.29, 1.82) is 0 Å². The molecule has 5 nitrogen and oxygen atoms in total. The van der Waals surface area contributed by atoms with Crippen molar-refractivity contribution < 1.29 is 19.1 Å². The van der Waals surface area contributed by atoms with E-state index in [2.05, 4.69) is 12.2 Å². The second-order valence-corrected chi connectivity index (χ2v) is 6.14. The minimum absolute atomic E-state index is 0.129. The number of carbonyl (C=O) groups is 2. The van der Waals surface area contributed by atoms with Crippen molar-refractivity contribution in [2.24, 2.45) is 0 Å². The third kappa shape index (κ3) is 5.87. The fourth-order valence-corrected chi connectivity index (χ4v) is 2.69. The quantitative estimate of drug-likeness (QED) is 0.379. The first kappa shape index (κ1) is 18.3. The molecule has 0 spiro atoms. The Hall–Kier alpha value is -2.04. The second kappa shape index (κ2) is 9.96. The Balaban J connectivity index is 1.61. The lowest BCUT2D eigenvalue weighted by atomic mass is 10.1. The maximum atomic E-state index is 12.1. The van der Waals surface area contributed by atoms with Crippen LogP contribution in [0.5, 0.6) is 11.5 Å². The van der Waals surface area contributed by atoms with Crippen molar-refractivity contribution in [2.45, 2.75) is 58.3 Å². The number of benzene rings is 1. The van der Waals surface area contributed by atoms with Crippen molar-refractivity contribution in [3.05, 3.63) is 23.8 Å². The SMILES string of the molecule is CCCCCCCCCNC(=O)CC(=O)c1ccc2c(c1)OCO2. The maximum absolute atomic E-state index is 12.1. The molecule has 1 aromatic carbocycles. The van der Waals surface area contributed by atoms with Gasteiger partial charge in [-0.05, 0) is 24.6 Å². The number of carbonyl (C=O) groups excluding carboxylic acids is 2. The summed E-state index contributed by atoms with van der Waals surface area (Å²) in [6.07, 6.45) is 8.31. The Morgan fingerprint density at radius 3 is 2.50 bits per heavy atom. The summed E-state index contributed by atoms with van der Waals surface area (Å²) in [5.74, 6) is 0.772. The van der Waals surface area contributed by atoms with Gasteiger partial charge in [0.2, 0.25) is 12.7 Å². The monoisotopic (exact) mass is 333 g/mol. The first-order chi connectivity index (χ1) is 11.7. The second-order valence-electron chi connectivity index (χ2n) is 6.14. The van der Waals surface area contributed by atoms with Gasteiger partial charge in [0.05, 0.1) is 6.42 Å². The molecule has 0 aliphatic carbocycles. The van der Waals surface area contributed by atoms with E-state index in [4.69, 9.17) is 9.47 Å². The number of hydrogen-bond acceptors (Lipinski definition) is 4. The van der Waals surface area contributed by atoms with E-state index in [-0.39, 0.29) is 24.9 Å². The number of fused-ring (bicyclic) bond motifs is 1. The van der Waals surface area contributed by atoms with Crippen LogP contribution in [-0.2, 0) is 4.79 Å². The molecule has 0 bridgehead atoms. The Kier molecular flexibility index (Phi) is 7.59. The average molecular weight is 333 g/mol. The summed E-state index contributed by atoms with van der Waals surface area (Å²) < 4.78 is 10.5. The van der Waals surface area contributed by atoms with Crippen LogP contribution in [0.1, 0.15) is 68.6 Å². The Labute approximate surface area is 143 Å². The van der Waals surface area contributed by atoms with E-state index in [1.807, 2.05) is 0 Å². The highest BCUT2D eigenvalue weighted by atomic mass is 16.7. The number of unbranched alkanes of at least 4 members (excludes halogenated alkanes) is 6. The van der Waals surface area contributed by atoms with E-state index in [1.165, 1.54) is 32.1 Å². The average Bonchev–Trinajstić information content (AvgIpc) is 3.04. The van der Waals surface area contributed by atoms with Crippen LogP contribution in [0.4, 0.5) is 0 Å². The van der Waals surface area contributed by atoms with Gasteiger partial charge in [0.1, 0.15) is 0 Å². The van der Waals surface area contributed by atoms with E-state index in [0.717, 1.165) is 12.8 Å². The lowest BCUT2D eigenvalue weighted by Crippen LogP contribution is -2.26. The Morgan fingerprint density at radius 1 is 1.00 bits per heavy atom. The van der Waals surface area contributed by atoms with Crippen LogP contribution in [0.2, 0.25) is 0 Å². The van der Waals surface area contributed by atoms with E-state index >= 15 is 0 Å². The molecule has 1 heterocycles. The highest BCUT2D eigenvalue weighted by molar-refractivity contribution is 6.07. The van der Waals surface area contributed by atoms with Crippen molar-refractivity contribution in [2.75, 3.05) is 13.3 Å². The van der Waals surface area contributed by atoms with Gasteiger partial charge < -0.3 is 14.8 Å². The fourth-order valence-electron chi connectivity index (χ4n) is 2.69. The van der Waals surface area contributed by atoms with Crippen LogP contribution >= 0.6 is 0 Å². The Morgan fingerprint density at radius 2 is 1.71 bits per heavy atom. The van der Waals surface area contributed by atoms with Crippen LogP contribution in [-0.4, -0.2) is 25.0 Å². The largest absolute Gasteiger partial charge is 0.454 e. The molecular formula is C19H27NO4. The molecule has 0 aromatic heterocycles. The van der Waals surface area contributed by atoms with Gasteiger partial charge in [-0.15, -0.1) is 0 Å². The number of rotatable bonds is 11. The highest BCUT2D eigenvalue weighted by Gasteiger charge is 2.17. The van der Waals surface area contributed by atoms with Gasteiger partial charge in [-0.1, -0.05) is 45.4 Å². The third-order valence-electron chi connectivity index (χ3n) is 4.12. The first-order valence-electron chi connectivity index (χ1n) is 8.90. The molecule has 0 fully saturated rings. The summed E-state index contributed by atoms with van der Waals surface area (Å²) in [4.78, 5) is 24.0. The topological polar surface area (TPSA) is 64.6 Å². The maximum Gasteiger partial charge on any atom is 0.231 e. The van der Waals surface area contributed by atoms with Crippen molar-refractivity contribution in [3.8, 4) is 11.5 Å². The smallest absolute Gasteiger partial charge is 0.231 e. The molecule has 0 saturated carbocycles. The van der Waals surface area contributed by atoms with Crippen LogP contribution in [0.15, 0.2) is 18.2 Å². The Bertz CT molecular complexity index is 556. The van der Waals surface area contributed by atoms with Gasteiger partial charge in [0.15, 0.2) is 17.3 Å². The number of hydrogen-bond donors (Lipinski definition) is 1. The van der Waals surface area contributed by atoms with Gasteiger partial charge in [-0.25, -0.2) is 0 Å². The van der Waals surface area contributed by atoms with Gasteiger partial charge in [-0.3, -0.25) is 9.59 Å². The summed E-state index contributed by atoms with van der Waals surface area (Å²) >= 11 is 0. The van der Waals surface area contributed by atoms with Gasteiger partial charge in [0, 0.05) is 12.1 Å². The normalized spacial score (nSPS) is 12.2. The lowest BCUT2D eigenvalue weighted by Gasteiger charge is -2.06. The van der Waals surface area contributed by atoms with Crippen LogP contribution in [0, 0.1) is 0 Å². The minimum atomic E-state index is -0.219. The molecule has 5 heteroatoms. The van der Waals surface area contributed by atoms with E-state index in [0.29, 0.717) is 23.6 Å². The zero-order valence-electron chi connectivity index (χ0n) is 14.4. The van der Waals surface area contributed by atoms with E-state index in [1.54, 1.807) is 18.2 Å². The zero-order valence-corrected chi connectivity index (χ0v) is 14.4. The summed E-state index contributed by atoms with van der Waals surface area (Å²) in [6, 6.07) is 5.00. The molecule has 1 aliphatic heterocycles. The number of nitrogens with one attached hydrogen (secondary N) is 1. The molecule has 0 radical (unpaired) electrons. The number of ketones is 1. The van der Waals surface area contributed by atoms with Crippen LogP contribution < -0.4 is 14.8 Å². The van der Waals surface area contributed by atoms with Gasteiger partial charge >= 0.3 is 0 Å². The molecule has 0 atom stereocenters. The fraction of sp³-hybridized carbons (Fsp3) is 0.579. The first-order valence-corrected chi connectivity index (χ1v) is 8.90. The van der Waals surface area contributed by atoms with Gasteiger partial charge in [-0.2, -0.15) is 0 Å². The molecule has 1 aromatic rings. The zero-order chi connectivity index (χ0) is 17.2. The third-order valence-corrected chi connectivity index (χ3v) is 4.12. The molecule has 2 rings (SSSR count). The lowest BCUT2D eigenvalue weighted by molar-refractivity contribution is -0.120.